The molecule has 2 aromatic heterocycles. The monoisotopic (exact) mass is 353 g/mol. The second kappa shape index (κ2) is 6.98. The third-order valence-electron chi connectivity index (χ3n) is 3.55. The topological polar surface area (TPSA) is 83.3 Å². The second-order valence-corrected chi connectivity index (χ2v) is 6.76. The molecule has 25 heavy (non-hydrogen) atoms. The summed E-state index contributed by atoms with van der Waals surface area (Å²) in [5, 5.41) is 14.7. The Hall–Kier alpha value is -2.80. The number of hydrogen-bond acceptors (Lipinski definition) is 7. The van der Waals surface area contributed by atoms with Crippen molar-refractivity contribution in [3.63, 3.8) is 0 Å². The molecule has 0 fully saturated rings. The number of anilines is 1. The lowest BCUT2D eigenvalue weighted by Crippen LogP contribution is -2.03. The van der Waals surface area contributed by atoms with Gasteiger partial charge in [-0.2, -0.15) is 5.10 Å². The first-order chi connectivity index (χ1) is 11.9. The van der Waals surface area contributed by atoms with Crippen molar-refractivity contribution < 1.29 is 5.11 Å². The Morgan fingerprint density at radius 3 is 2.32 bits per heavy atom. The molecule has 0 aliphatic carbocycles. The van der Waals surface area contributed by atoms with E-state index in [0.717, 1.165) is 38.2 Å². The number of aromatic nitrogens is 3. The normalized spacial score (nSPS) is 11.6. The van der Waals surface area contributed by atoms with Gasteiger partial charge in [-0.15, -0.1) is 11.3 Å². The van der Waals surface area contributed by atoms with Crippen molar-refractivity contribution in [1.29, 1.82) is 0 Å². The van der Waals surface area contributed by atoms with E-state index < -0.39 is 0 Å². The van der Waals surface area contributed by atoms with E-state index in [1.165, 1.54) is 0 Å². The van der Waals surface area contributed by atoms with E-state index in [4.69, 9.17) is 0 Å². The van der Waals surface area contributed by atoms with E-state index in [-0.39, 0.29) is 5.75 Å². The Bertz CT molecular complexity index is 911. The minimum atomic E-state index is 0.243. The van der Waals surface area contributed by atoms with Crippen LogP contribution in [0.1, 0.15) is 28.9 Å². The van der Waals surface area contributed by atoms with Crippen LogP contribution in [0.4, 0.5) is 5.95 Å². The Kier molecular flexibility index (Phi) is 4.76. The van der Waals surface area contributed by atoms with Crippen molar-refractivity contribution in [2.24, 2.45) is 5.10 Å². The number of hydrogen-bond donors (Lipinski definition) is 2. The van der Waals surface area contributed by atoms with Gasteiger partial charge in [0, 0.05) is 17.0 Å². The number of nitrogens with zero attached hydrogens (tertiary/aromatic N) is 4. The van der Waals surface area contributed by atoms with E-state index in [1.54, 1.807) is 23.5 Å². The van der Waals surface area contributed by atoms with Crippen molar-refractivity contribution in [3.8, 4) is 16.3 Å². The van der Waals surface area contributed by atoms with Crippen LogP contribution >= 0.6 is 11.3 Å². The van der Waals surface area contributed by atoms with Crippen molar-refractivity contribution in [3.05, 3.63) is 52.3 Å². The number of phenols is 1. The van der Waals surface area contributed by atoms with Gasteiger partial charge < -0.3 is 5.11 Å². The van der Waals surface area contributed by atoms with Crippen LogP contribution in [-0.2, 0) is 0 Å². The first-order valence-corrected chi connectivity index (χ1v) is 8.64. The number of nitrogens with one attached hydrogen (secondary N) is 1. The van der Waals surface area contributed by atoms with Crippen LogP contribution in [0.25, 0.3) is 10.6 Å². The van der Waals surface area contributed by atoms with Gasteiger partial charge in [-0.25, -0.2) is 20.4 Å². The standard InChI is InChI=1S/C18H19N5OS/c1-10-9-11(2)20-18(19-10)23-22-13(4)16-12(3)21-17(25-16)14-5-7-15(24)8-6-14/h5-9,24H,1-4H3,(H,19,20,23)/b22-13+. The number of hydrazone groups is 1. The van der Waals surface area contributed by atoms with Crippen LogP contribution in [0.15, 0.2) is 35.4 Å². The lowest BCUT2D eigenvalue weighted by atomic mass is 10.2. The number of phenolic OH excluding ortho intramolecular Hbond substituents is 1. The van der Waals surface area contributed by atoms with Gasteiger partial charge in [0.1, 0.15) is 10.8 Å². The number of aromatic hydroxyl groups is 1. The Labute approximate surface area is 150 Å². The fraction of sp³-hybridized carbons (Fsp3) is 0.222. The highest BCUT2D eigenvalue weighted by Gasteiger charge is 2.12. The van der Waals surface area contributed by atoms with E-state index in [1.807, 2.05) is 45.9 Å². The highest BCUT2D eigenvalue weighted by atomic mass is 32.1. The largest absolute Gasteiger partial charge is 0.508 e. The molecular formula is C18H19N5OS. The first-order valence-electron chi connectivity index (χ1n) is 7.82. The fourth-order valence-corrected chi connectivity index (χ4v) is 3.44. The third-order valence-corrected chi connectivity index (χ3v) is 4.86. The zero-order valence-corrected chi connectivity index (χ0v) is 15.3. The van der Waals surface area contributed by atoms with Gasteiger partial charge in [0.2, 0.25) is 5.95 Å². The molecule has 0 unspecified atom stereocenters. The van der Waals surface area contributed by atoms with E-state index in [9.17, 15) is 5.11 Å². The lowest BCUT2D eigenvalue weighted by molar-refractivity contribution is 0.475. The SMILES string of the molecule is C/C(=N\Nc1nc(C)cc(C)n1)c1sc(-c2ccc(O)cc2)nc1C. The minimum absolute atomic E-state index is 0.243. The average Bonchev–Trinajstić information content (AvgIpc) is 2.94. The maximum atomic E-state index is 9.41. The number of thiazole rings is 1. The smallest absolute Gasteiger partial charge is 0.243 e. The predicted octanol–water partition coefficient (Wildman–Crippen LogP) is 4.07. The van der Waals surface area contributed by atoms with Gasteiger partial charge >= 0.3 is 0 Å². The summed E-state index contributed by atoms with van der Waals surface area (Å²) in [5.74, 6) is 0.727. The van der Waals surface area contributed by atoms with Gasteiger partial charge in [0.05, 0.1) is 16.3 Å². The first kappa shape index (κ1) is 17.0. The van der Waals surface area contributed by atoms with E-state index >= 15 is 0 Å². The number of aryl methyl sites for hydroxylation is 3. The molecule has 0 atom stereocenters. The summed E-state index contributed by atoms with van der Waals surface area (Å²) in [6, 6.07) is 8.94. The lowest BCUT2D eigenvalue weighted by Gasteiger charge is -2.03. The van der Waals surface area contributed by atoms with Crippen LogP contribution in [0.2, 0.25) is 0 Å². The average molecular weight is 353 g/mol. The minimum Gasteiger partial charge on any atom is -0.508 e. The molecule has 1 aromatic carbocycles. The van der Waals surface area contributed by atoms with Crippen LogP contribution in [0.5, 0.6) is 5.75 Å². The molecule has 0 amide bonds. The van der Waals surface area contributed by atoms with Gasteiger partial charge in [-0.3, -0.25) is 0 Å². The molecule has 0 saturated heterocycles. The number of benzene rings is 1. The van der Waals surface area contributed by atoms with Gasteiger partial charge in [-0.1, -0.05) is 0 Å². The van der Waals surface area contributed by atoms with Crippen LogP contribution < -0.4 is 5.43 Å². The summed E-state index contributed by atoms with van der Waals surface area (Å²) in [4.78, 5) is 14.2. The summed E-state index contributed by atoms with van der Waals surface area (Å²) >= 11 is 1.56. The Morgan fingerprint density at radius 2 is 1.68 bits per heavy atom. The maximum Gasteiger partial charge on any atom is 0.243 e. The molecule has 3 rings (SSSR count). The Balaban J connectivity index is 1.84. The summed E-state index contributed by atoms with van der Waals surface area (Å²) in [6.45, 7) is 7.74. The predicted molar refractivity (Wildman–Crippen MR) is 101 cm³/mol. The van der Waals surface area contributed by atoms with Gasteiger partial charge in [0.25, 0.3) is 0 Å². The third kappa shape index (κ3) is 4.00. The molecule has 0 saturated carbocycles. The summed E-state index contributed by atoms with van der Waals surface area (Å²) in [7, 11) is 0. The summed E-state index contributed by atoms with van der Waals surface area (Å²) in [5.41, 5.74) is 7.41. The fourth-order valence-electron chi connectivity index (χ4n) is 2.42. The molecular weight excluding hydrogens is 334 g/mol. The van der Waals surface area contributed by atoms with Crippen molar-refractivity contribution >= 4 is 23.0 Å². The molecule has 2 heterocycles. The molecule has 2 N–H and O–H groups in total. The molecule has 0 radical (unpaired) electrons. The number of rotatable bonds is 4. The second-order valence-electron chi connectivity index (χ2n) is 5.76. The molecule has 6 nitrogen and oxygen atoms in total. The van der Waals surface area contributed by atoms with Crippen LogP contribution in [0.3, 0.4) is 0 Å². The highest BCUT2D eigenvalue weighted by Crippen LogP contribution is 2.29. The van der Waals surface area contributed by atoms with Crippen LogP contribution in [-0.4, -0.2) is 25.8 Å². The molecule has 3 aromatic rings. The van der Waals surface area contributed by atoms with Crippen molar-refractivity contribution in [1.82, 2.24) is 15.0 Å². The van der Waals surface area contributed by atoms with Gasteiger partial charge in [-0.05, 0) is 58.0 Å². The summed E-state index contributed by atoms with van der Waals surface area (Å²) < 4.78 is 0. The van der Waals surface area contributed by atoms with E-state index in [2.05, 4.69) is 25.5 Å². The van der Waals surface area contributed by atoms with Gasteiger partial charge in [0.15, 0.2) is 0 Å². The molecule has 0 spiro atoms. The molecule has 128 valence electrons. The molecule has 0 bridgehead atoms. The molecule has 0 aliphatic heterocycles. The van der Waals surface area contributed by atoms with Crippen molar-refractivity contribution in [2.75, 3.05) is 5.43 Å². The summed E-state index contributed by atoms with van der Waals surface area (Å²) in [6.07, 6.45) is 0. The zero-order valence-electron chi connectivity index (χ0n) is 14.5. The van der Waals surface area contributed by atoms with Crippen molar-refractivity contribution in [2.45, 2.75) is 27.7 Å². The van der Waals surface area contributed by atoms with E-state index in [0.29, 0.717) is 5.95 Å². The molecule has 0 aliphatic rings. The molecule has 7 heteroatoms. The maximum absolute atomic E-state index is 9.41. The quantitative estimate of drug-likeness (QED) is 0.546. The van der Waals surface area contributed by atoms with Crippen LogP contribution in [0, 0.1) is 20.8 Å². The Morgan fingerprint density at radius 1 is 1.04 bits per heavy atom. The highest BCUT2D eigenvalue weighted by molar-refractivity contribution is 7.17. The zero-order chi connectivity index (χ0) is 18.0.